The van der Waals surface area contributed by atoms with Gasteiger partial charge in [-0.3, -0.25) is 0 Å². The van der Waals surface area contributed by atoms with Crippen molar-refractivity contribution in [3.05, 3.63) is 58.7 Å². The molecule has 2 aromatic carbocycles. The molecule has 0 aromatic heterocycles. The highest BCUT2D eigenvalue weighted by atomic mass is 15.1. The van der Waals surface area contributed by atoms with Gasteiger partial charge < -0.3 is 4.90 Å². The number of hydrogen-bond acceptors (Lipinski definition) is 1. The molecule has 0 amide bonds. The van der Waals surface area contributed by atoms with Gasteiger partial charge in [-0.25, -0.2) is 0 Å². The zero-order valence-electron chi connectivity index (χ0n) is 14.4. The Morgan fingerprint density at radius 3 is 1.95 bits per heavy atom. The lowest BCUT2D eigenvalue weighted by Gasteiger charge is -2.25. The van der Waals surface area contributed by atoms with Crippen molar-refractivity contribution < 1.29 is 0 Å². The maximum Gasteiger partial charge on any atom is 0.0443 e. The molecule has 0 saturated carbocycles. The highest BCUT2D eigenvalue weighted by Crippen LogP contribution is 2.31. The Balaban J connectivity index is 2.39. The minimum atomic E-state index is 0.201. The van der Waals surface area contributed by atoms with Crippen LogP contribution in [0.15, 0.2) is 36.4 Å². The van der Waals surface area contributed by atoms with Crippen molar-refractivity contribution in [2.75, 3.05) is 11.9 Å². The van der Waals surface area contributed by atoms with Gasteiger partial charge in [0.1, 0.15) is 0 Å². The molecule has 0 aliphatic heterocycles. The second-order valence-electron chi connectivity index (χ2n) is 7.08. The molecule has 0 radical (unpaired) electrons. The van der Waals surface area contributed by atoms with Crippen molar-refractivity contribution in [1.82, 2.24) is 0 Å². The van der Waals surface area contributed by atoms with Crippen LogP contribution in [0.4, 0.5) is 11.4 Å². The van der Waals surface area contributed by atoms with E-state index in [1.165, 1.54) is 33.6 Å². The van der Waals surface area contributed by atoms with Crippen LogP contribution < -0.4 is 4.90 Å². The molecule has 0 bridgehead atoms. The first-order valence-corrected chi connectivity index (χ1v) is 7.62. The summed E-state index contributed by atoms with van der Waals surface area (Å²) >= 11 is 0. The van der Waals surface area contributed by atoms with E-state index in [1.54, 1.807) is 0 Å². The summed E-state index contributed by atoms with van der Waals surface area (Å²) in [6.45, 7) is 13.3. The predicted octanol–water partition coefficient (Wildman–Crippen LogP) is 5.68. The zero-order valence-corrected chi connectivity index (χ0v) is 14.4. The summed E-state index contributed by atoms with van der Waals surface area (Å²) in [5, 5.41) is 0. The Bertz CT molecular complexity index is 630. The molecule has 0 fully saturated rings. The SMILES string of the molecule is Cc1cc(C)c(C)c(N(C)c2ccc(C(C)(C)C)cc2)c1. The fourth-order valence-electron chi connectivity index (χ4n) is 2.69. The molecule has 0 heterocycles. The highest BCUT2D eigenvalue weighted by Gasteiger charge is 2.14. The molecule has 1 heteroatoms. The van der Waals surface area contributed by atoms with Crippen LogP contribution in [-0.2, 0) is 5.41 Å². The third-order valence-corrected chi connectivity index (χ3v) is 4.27. The van der Waals surface area contributed by atoms with Gasteiger partial charge in [0.15, 0.2) is 0 Å². The van der Waals surface area contributed by atoms with E-state index < -0.39 is 0 Å². The summed E-state index contributed by atoms with van der Waals surface area (Å²) in [5.74, 6) is 0. The van der Waals surface area contributed by atoms with Gasteiger partial charge in [-0.05, 0) is 66.6 Å². The summed E-state index contributed by atoms with van der Waals surface area (Å²) in [7, 11) is 2.15. The van der Waals surface area contributed by atoms with Gasteiger partial charge in [0.05, 0.1) is 0 Å². The van der Waals surface area contributed by atoms with Gasteiger partial charge in [0.2, 0.25) is 0 Å². The van der Waals surface area contributed by atoms with E-state index in [4.69, 9.17) is 0 Å². The van der Waals surface area contributed by atoms with Gasteiger partial charge in [-0.2, -0.15) is 0 Å². The minimum absolute atomic E-state index is 0.201. The maximum absolute atomic E-state index is 2.28. The molecule has 0 aliphatic rings. The Morgan fingerprint density at radius 2 is 1.43 bits per heavy atom. The van der Waals surface area contributed by atoms with Crippen molar-refractivity contribution in [2.24, 2.45) is 0 Å². The van der Waals surface area contributed by atoms with Crippen LogP contribution in [0.5, 0.6) is 0 Å². The lowest BCUT2D eigenvalue weighted by atomic mass is 9.87. The van der Waals surface area contributed by atoms with Crippen LogP contribution in [0.1, 0.15) is 43.0 Å². The van der Waals surface area contributed by atoms with Crippen molar-refractivity contribution in [1.29, 1.82) is 0 Å². The molecule has 1 nitrogen and oxygen atoms in total. The molecular weight excluding hydrogens is 254 g/mol. The van der Waals surface area contributed by atoms with E-state index in [0.717, 1.165) is 0 Å². The Kier molecular flexibility index (Phi) is 4.13. The van der Waals surface area contributed by atoms with Crippen molar-refractivity contribution in [3.63, 3.8) is 0 Å². The first-order chi connectivity index (χ1) is 9.70. The lowest BCUT2D eigenvalue weighted by Crippen LogP contribution is -2.14. The van der Waals surface area contributed by atoms with Crippen LogP contribution in [-0.4, -0.2) is 7.05 Å². The third-order valence-electron chi connectivity index (χ3n) is 4.27. The van der Waals surface area contributed by atoms with Crippen molar-refractivity contribution in [3.8, 4) is 0 Å². The van der Waals surface area contributed by atoms with E-state index in [-0.39, 0.29) is 5.41 Å². The van der Waals surface area contributed by atoms with Crippen LogP contribution in [0.3, 0.4) is 0 Å². The van der Waals surface area contributed by atoms with Crippen LogP contribution in [0, 0.1) is 20.8 Å². The minimum Gasteiger partial charge on any atom is -0.344 e. The number of benzene rings is 2. The van der Waals surface area contributed by atoms with Gasteiger partial charge in [-0.1, -0.05) is 39.0 Å². The van der Waals surface area contributed by atoms with E-state index in [1.807, 2.05) is 0 Å². The summed E-state index contributed by atoms with van der Waals surface area (Å²) in [4.78, 5) is 2.28. The standard InChI is InChI=1S/C20H27N/c1-14-12-15(2)16(3)19(13-14)21(7)18-10-8-17(9-11-18)20(4,5)6/h8-13H,1-7H3. The number of rotatable bonds is 2. The monoisotopic (exact) mass is 281 g/mol. The second kappa shape index (κ2) is 5.55. The average molecular weight is 281 g/mol. The zero-order chi connectivity index (χ0) is 15.8. The first-order valence-electron chi connectivity index (χ1n) is 7.62. The summed E-state index contributed by atoms with van der Waals surface area (Å²) in [6.07, 6.45) is 0. The largest absolute Gasteiger partial charge is 0.344 e. The van der Waals surface area contributed by atoms with E-state index in [9.17, 15) is 0 Å². The number of anilines is 2. The molecule has 2 aromatic rings. The smallest absolute Gasteiger partial charge is 0.0443 e. The molecule has 0 aliphatic carbocycles. The van der Waals surface area contributed by atoms with Gasteiger partial charge in [0.25, 0.3) is 0 Å². The number of aryl methyl sites for hydroxylation is 2. The molecule has 0 N–H and O–H groups in total. The lowest BCUT2D eigenvalue weighted by molar-refractivity contribution is 0.590. The van der Waals surface area contributed by atoms with Gasteiger partial charge >= 0.3 is 0 Å². The van der Waals surface area contributed by atoms with Crippen LogP contribution in [0.2, 0.25) is 0 Å². The Hall–Kier alpha value is -1.76. The molecule has 0 saturated heterocycles. The summed E-state index contributed by atoms with van der Waals surface area (Å²) in [5.41, 5.74) is 8.11. The van der Waals surface area contributed by atoms with E-state index in [2.05, 4.69) is 89.9 Å². The first kappa shape index (κ1) is 15.6. The molecule has 0 unspecified atom stereocenters. The molecule has 0 spiro atoms. The van der Waals surface area contributed by atoms with E-state index in [0.29, 0.717) is 0 Å². The molecular formula is C20H27N. The number of nitrogens with zero attached hydrogens (tertiary/aromatic N) is 1. The Labute approximate surface area is 129 Å². The van der Waals surface area contributed by atoms with Gasteiger partial charge in [0, 0.05) is 18.4 Å². The van der Waals surface area contributed by atoms with Crippen molar-refractivity contribution in [2.45, 2.75) is 47.0 Å². The van der Waals surface area contributed by atoms with Gasteiger partial charge in [-0.15, -0.1) is 0 Å². The summed E-state index contributed by atoms with van der Waals surface area (Å²) in [6, 6.07) is 13.4. The highest BCUT2D eigenvalue weighted by molar-refractivity contribution is 5.68. The molecule has 2 rings (SSSR count). The average Bonchev–Trinajstić information content (AvgIpc) is 2.41. The molecule has 0 atom stereocenters. The van der Waals surface area contributed by atoms with Crippen molar-refractivity contribution >= 4 is 11.4 Å². The third kappa shape index (κ3) is 3.29. The fraction of sp³-hybridized carbons (Fsp3) is 0.400. The fourth-order valence-corrected chi connectivity index (χ4v) is 2.69. The van der Waals surface area contributed by atoms with Crippen LogP contribution in [0.25, 0.3) is 0 Å². The normalized spacial score (nSPS) is 11.6. The maximum atomic E-state index is 2.28. The molecule has 21 heavy (non-hydrogen) atoms. The quantitative estimate of drug-likeness (QED) is 0.684. The second-order valence-corrected chi connectivity index (χ2v) is 7.08. The predicted molar refractivity (Wildman–Crippen MR) is 93.9 cm³/mol. The topological polar surface area (TPSA) is 3.24 Å². The number of hydrogen-bond donors (Lipinski definition) is 0. The van der Waals surface area contributed by atoms with E-state index >= 15 is 0 Å². The molecule has 112 valence electrons. The summed E-state index contributed by atoms with van der Waals surface area (Å²) < 4.78 is 0. The van der Waals surface area contributed by atoms with Crippen LogP contribution >= 0.6 is 0 Å². The Morgan fingerprint density at radius 1 is 0.857 bits per heavy atom.